The number of hydrogen-bond donors (Lipinski definition) is 0. The number of hydrogen-bond acceptors (Lipinski definition) is 4. The number of carbonyl (C=O) groups is 1. The van der Waals surface area contributed by atoms with Gasteiger partial charge in [-0.25, -0.2) is 9.97 Å². The molecule has 2 aromatic carbocycles. The largest absolute Gasteiger partial charge is 0.497 e. The second-order valence-electron chi connectivity index (χ2n) is 8.04. The zero-order chi connectivity index (χ0) is 22.0. The molecule has 1 aliphatic heterocycles. The molecule has 0 unspecified atom stereocenters. The minimum Gasteiger partial charge on any atom is -0.497 e. The van der Waals surface area contributed by atoms with E-state index in [1.54, 1.807) is 19.2 Å². The first-order valence-electron chi connectivity index (χ1n) is 10.5. The maximum atomic E-state index is 13.1. The molecule has 0 fully saturated rings. The number of methoxy groups -OCH3 is 1. The molecule has 2 heterocycles. The first kappa shape index (κ1) is 21.3. The maximum absolute atomic E-state index is 13.1. The van der Waals surface area contributed by atoms with Crippen molar-refractivity contribution in [1.82, 2.24) is 14.9 Å². The van der Waals surface area contributed by atoms with E-state index in [-0.39, 0.29) is 11.8 Å². The van der Waals surface area contributed by atoms with Crippen molar-refractivity contribution in [1.29, 1.82) is 0 Å². The van der Waals surface area contributed by atoms with Crippen LogP contribution >= 0.6 is 11.6 Å². The molecule has 1 aromatic heterocycles. The third-order valence-electron chi connectivity index (χ3n) is 5.60. The Bertz CT molecular complexity index is 1100. The average molecular weight is 436 g/mol. The van der Waals surface area contributed by atoms with Gasteiger partial charge in [-0.15, -0.1) is 0 Å². The predicted molar refractivity (Wildman–Crippen MR) is 123 cm³/mol. The summed E-state index contributed by atoms with van der Waals surface area (Å²) in [4.78, 5) is 24.8. The highest BCUT2D eigenvalue weighted by Crippen LogP contribution is 2.30. The van der Waals surface area contributed by atoms with Crippen molar-refractivity contribution >= 4 is 17.5 Å². The molecule has 1 aliphatic rings. The average Bonchev–Trinajstić information content (AvgIpc) is 3.00. The summed E-state index contributed by atoms with van der Waals surface area (Å²) in [7, 11) is 1.66. The lowest BCUT2D eigenvalue weighted by atomic mass is 10.00. The van der Waals surface area contributed by atoms with Crippen LogP contribution in [0, 0.1) is 0 Å². The van der Waals surface area contributed by atoms with Crippen molar-refractivity contribution in [2.45, 2.75) is 32.6 Å². The summed E-state index contributed by atoms with van der Waals surface area (Å²) < 4.78 is 5.30. The second-order valence-corrected chi connectivity index (χ2v) is 8.48. The highest BCUT2D eigenvalue weighted by atomic mass is 35.5. The first-order chi connectivity index (χ1) is 15.0. The highest BCUT2D eigenvalue weighted by Gasteiger charge is 2.24. The van der Waals surface area contributed by atoms with E-state index in [4.69, 9.17) is 26.3 Å². The molecular weight excluding hydrogens is 410 g/mol. The van der Waals surface area contributed by atoms with Gasteiger partial charge in [0.05, 0.1) is 12.8 Å². The van der Waals surface area contributed by atoms with Crippen LogP contribution in [0.2, 0.25) is 5.02 Å². The number of aromatic nitrogens is 2. The van der Waals surface area contributed by atoms with E-state index < -0.39 is 0 Å². The molecule has 5 nitrogen and oxygen atoms in total. The van der Waals surface area contributed by atoms with Crippen LogP contribution in [0.1, 0.15) is 47.2 Å². The third kappa shape index (κ3) is 4.57. The summed E-state index contributed by atoms with van der Waals surface area (Å²) in [5.74, 6) is 1.86. The molecule has 3 aromatic rings. The number of benzene rings is 2. The third-order valence-corrected chi connectivity index (χ3v) is 5.83. The van der Waals surface area contributed by atoms with Gasteiger partial charge in [0.1, 0.15) is 11.6 Å². The van der Waals surface area contributed by atoms with Gasteiger partial charge in [0, 0.05) is 52.8 Å². The molecule has 0 saturated heterocycles. The van der Waals surface area contributed by atoms with Crippen LogP contribution in [0.15, 0.2) is 48.5 Å². The fourth-order valence-corrected chi connectivity index (χ4v) is 4.06. The summed E-state index contributed by atoms with van der Waals surface area (Å²) in [6, 6.07) is 15.1. The van der Waals surface area contributed by atoms with E-state index in [0.29, 0.717) is 36.5 Å². The molecular formula is C25H26ClN3O2. The monoisotopic (exact) mass is 435 g/mol. The van der Waals surface area contributed by atoms with Gasteiger partial charge in [0.2, 0.25) is 0 Å². The van der Waals surface area contributed by atoms with Gasteiger partial charge >= 0.3 is 0 Å². The van der Waals surface area contributed by atoms with Crippen molar-refractivity contribution in [2.24, 2.45) is 0 Å². The lowest BCUT2D eigenvalue weighted by Gasteiger charge is -2.20. The smallest absolute Gasteiger partial charge is 0.253 e. The molecule has 6 heteroatoms. The van der Waals surface area contributed by atoms with E-state index >= 15 is 0 Å². The standard InChI is InChI=1S/C25H26ClN3O2/c1-16(2)24-27-22-12-14-29(25(30)18-5-4-6-19(26)15-18)13-11-21(22)23(28-24)17-7-9-20(31-3)10-8-17/h4-10,15-16H,11-14H2,1-3H3. The van der Waals surface area contributed by atoms with Crippen LogP contribution in [0.4, 0.5) is 0 Å². The van der Waals surface area contributed by atoms with Gasteiger partial charge in [-0.1, -0.05) is 31.5 Å². The van der Waals surface area contributed by atoms with E-state index in [0.717, 1.165) is 34.1 Å². The molecule has 160 valence electrons. The molecule has 1 amide bonds. The number of halogens is 1. The number of carbonyl (C=O) groups excluding carboxylic acids is 1. The van der Waals surface area contributed by atoms with Crippen LogP contribution in [0.5, 0.6) is 5.75 Å². The Kier molecular flexibility index (Phi) is 6.23. The zero-order valence-electron chi connectivity index (χ0n) is 18.1. The molecule has 0 saturated carbocycles. The predicted octanol–water partition coefficient (Wildman–Crippen LogP) is 5.17. The summed E-state index contributed by atoms with van der Waals surface area (Å²) in [5.41, 5.74) is 4.76. The summed E-state index contributed by atoms with van der Waals surface area (Å²) >= 11 is 6.09. The van der Waals surface area contributed by atoms with Crippen molar-refractivity contribution in [2.75, 3.05) is 20.2 Å². The van der Waals surface area contributed by atoms with Crippen molar-refractivity contribution in [3.63, 3.8) is 0 Å². The Morgan fingerprint density at radius 3 is 2.48 bits per heavy atom. The van der Waals surface area contributed by atoms with E-state index in [9.17, 15) is 4.79 Å². The molecule has 0 atom stereocenters. The van der Waals surface area contributed by atoms with Crippen LogP contribution in [0.3, 0.4) is 0 Å². The van der Waals surface area contributed by atoms with Gasteiger partial charge < -0.3 is 9.64 Å². The molecule has 0 bridgehead atoms. The maximum Gasteiger partial charge on any atom is 0.253 e. The summed E-state index contributed by atoms with van der Waals surface area (Å²) in [5, 5.41) is 0.568. The highest BCUT2D eigenvalue weighted by molar-refractivity contribution is 6.30. The van der Waals surface area contributed by atoms with Crippen molar-refractivity contribution in [3.8, 4) is 17.0 Å². The first-order valence-corrected chi connectivity index (χ1v) is 10.9. The quantitative estimate of drug-likeness (QED) is 0.567. The fourth-order valence-electron chi connectivity index (χ4n) is 3.87. The van der Waals surface area contributed by atoms with Crippen LogP contribution < -0.4 is 4.74 Å². The lowest BCUT2D eigenvalue weighted by molar-refractivity contribution is 0.0763. The number of amides is 1. The Balaban J connectivity index is 1.68. The van der Waals surface area contributed by atoms with Gasteiger partial charge in [0.15, 0.2) is 0 Å². The van der Waals surface area contributed by atoms with Gasteiger partial charge in [0.25, 0.3) is 5.91 Å². The Morgan fingerprint density at radius 2 is 1.81 bits per heavy atom. The van der Waals surface area contributed by atoms with Crippen LogP contribution in [-0.2, 0) is 12.8 Å². The number of nitrogens with zero attached hydrogens (tertiary/aromatic N) is 3. The Hall–Kier alpha value is -2.92. The lowest BCUT2D eigenvalue weighted by Crippen LogP contribution is -2.33. The van der Waals surface area contributed by atoms with E-state index in [2.05, 4.69) is 13.8 Å². The summed E-state index contributed by atoms with van der Waals surface area (Å²) in [6.45, 7) is 5.44. The summed E-state index contributed by atoms with van der Waals surface area (Å²) in [6.07, 6.45) is 1.41. The number of rotatable bonds is 4. The normalized spacial score (nSPS) is 13.6. The number of fused-ring (bicyclic) bond motifs is 1. The van der Waals surface area contributed by atoms with Crippen LogP contribution in [0.25, 0.3) is 11.3 Å². The van der Waals surface area contributed by atoms with Gasteiger partial charge in [-0.2, -0.15) is 0 Å². The SMILES string of the molecule is COc1ccc(-c2nc(C(C)C)nc3c2CCN(C(=O)c2cccc(Cl)c2)CC3)cc1. The van der Waals surface area contributed by atoms with Gasteiger partial charge in [-0.05, 0) is 48.9 Å². The minimum absolute atomic E-state index is 0.00153. The van der Waals surface area contributed by atoms with Crippen molar-refractivity contribution < 1.29 is 9.53 Å². The molecule has 0 aliphatic carbocycles. The van der Waals surface area contributed by atoms with Gasteiger partial charge in [-0.3, -0.25) is 4.79 Å². The van der Waals surface area contributed by atoms with E-state index in [1.807, 2.05) is 41.3 Å². The second kappa shape index (κ2) is 9.06. The Labute approximate surface area is 188 Å². The molecule has 0 radical (unpaired) electrons. The van der Waals surface area contributed by atoms with E-state index in [1.165, 1.54) is 0 Å². The molecule has 0 N–H and O–H groups in total. The number of ether oxygens (including phenoxy) is 1. The van der Waals surface area contributed by atoms with Crippen LogP contribution in [-0.4, -0.2) is 41.0 Å². The Morgan fingerprint density at radius 1 is 1.06 bits per heavy atom. The minimum atomic E-state index is -0.00153. The fraction of sp³-hybridized carbons (Fsp3) is 0.320. The molecule has 31 heavy (non-hydrogen) atoms. The topological polar surface area (TPSA) is 55.3 Å². The zero-order valence-corrected chi connectivity index (χ0v) is 18.8. The molecule has 4 rings (SSSR count). The van der Waals surface area contributed by atoms with Crippen molar-refractivity contribution in [3.05, 3.63) is 76.2 Å². The molecule has 0 spiro atoms.